The molecule has 0 saturated heterocycles. The largest absolute Gasteiger partial charge is 0.490 e. The van der Waals surface area contributed by atoms with E-state index in [1.807, 2.05) is 42.5 Å². The molecule has 1 fully saturated rings. The number of aliphatic hydroxyl groups is 2. The van der Waals surface area contributed by atoms with Gasteiger partial charge in [0, 0.05) is 12.3 Å². The van der Waals surface area contributed by atoms with E-state index in [2.05, 4.69) is 19.1 Å². The Labute approximate surface area is 186 Å². The number of hydrogen-bond donors (Lipinski definition) is 3. The third-order valence-corrected chi connectivity index (χ3v) is 6.03. The van der Waals surface area contributed by atoms with Crippen molar-refractivity contribution < 1.29 is 24.9 Å². The van der Waals surface area contributed by atoms with Crippen LogP contribution >= 0.6 is 0 Å². The van der Waals surface area contributed by atoms with Gasteiger partial charge in [0.05, 0.1) is 0 Å². The lowest BCUT2D eigenvalue weighted by Crippen LogP contribution is -2.37. The minimum absolute atomic E-state index is 0.135. The third-order valence-electron chi connectivity index (χ3n) is 6.03. The second-order valence-corrected chi connectivity index (χ2v) is 8.52. The first-order chi connectivity index (χ1) is 14.9. The molecular weight excluding hydrogens is 392 g/mol. The smallest absolute Gasteiger partial charge is 0.364 e. The van der Waals surface area contributed by atoms with Crippen molar-refractivity contribution in [3.8, 4) is 5.75 Å². The highest BCUT2D eigenvalue weighted by Crippen LogP contribution is 2.38. The monoisotopic (exact) mass is 430 g/mol. The van der Waals surface area contributed by atoms with E-state index in [0.717, 1.165) is 31.4 Å². The molecule has 1 aromatic carbocycles. The predicted molar refractivity (Wildman–Crippen MR) is 123 cm³/mol. The molecule has 172 valence electrons. The summed E-state index contributed by atoms with van der Waals surface area (Å²) in [7, 11) is 0. The molecule has 5 nitrogen and oxygen atoms in total. The quantitative estimate of drug-likeness (QED) is 0.207. The summed E-state index contributed by atoms with van der Waals surface area (Å²) in [6.07, 6.45) is 17.9. The Balaban J connectivity index is 1.93. The predicted octanol–water partition coefficient (Wildman–Crippen LogP) is 5.48. The zero-order valence-corrected chi connectivity index (χ0v) is 18.7. The van der Waals surface area contributed by atoms with E-state index in [4.69, 9.17) is 9.84 Å². The Morgan fingerprint density at radius 1 is 1.06 bits per heavy atom. The van der Waals surface area contributed by atoms with Crippen molar-refractivity contribution in [2.75, 3.05) is 0 Å². The number of carbonyl (C=O) groups is 1. The molecule has 1 saturated carbocycles. The number of ether oxygens (including phenoxy) is 1. The second-order valence-electron chi connectivity index (χ2n) is 8.52. The van der Waals surface area contributed by atoms with E-state index in [0.29, 0.717) is 18.3 Å². The highest BCUT2D eigenvalue weighted by Gasteiger charge is 2.35. The van der Waals surface area contributed by atoms with Gasteiger partial charge in [-0.15, -0.1) is 0 Å². The molecule has 1 aliphatic rings. The summed E-state index contributed by atoms with van der Waals surface area (Å²) in [5, 5.41) is 27.6. The zero-order chi connectivity index (χ0) is 22.5. The van der Waals surface area contributed by atoms with Crippen LogP contribution in [0.15, 0.2) is 54.6 Å². The van der Waals surface area contributed by atoms with Crippen LogP contribution in [0, 0.1) is 11.8 Å². The fourth-order valence-corrected chi connectivity index (χ4v) is 4.17. The second kappa shape index (κ2) is 13.3. The first kappa shape index (κ1) is 25.2. The summed E-state index contributed by atoms with van der Waals surface area (Å²) >= 11 is 0. The van der Waals surface area contributed by atoms with Crippen LogP contribution in [0.4, 0.5) is 0 Å². The Kier molecular flexibility index (Phi) is 10.8. The van der Waals surface area contributed by atoms with Crippen LogP contribution in [0.1, 0.15) is 71.1 Å². The lowest BCUT2D eigenvalue weighted by molar-refractivity contribution is -0.205. The van der Waals surface area contributed by atoms with Gasteiger partial charge in [0.1, 0.15) is 11.9 Å². The molecule has 0 bridgehead atoms. The summed E-state index contributed by atoms with van der Waals surface area (Å²) in [4.78, 5) is 10.8. The summed E-state index contributed by atoms with van der Waals surface area (Å²) in [5.74, 6) is -2.59. The molecule has 0 unspecified atom stereocenters. The number of rotatable bonds is 14. The SMILES string of the molecule is CCCCCC/C=C/[C@H]1CC[C@@H](Oc2ccccc2)[C@@H]1C/C=C\CCC(O)(O)C(=O)O. The Morgan fingerprint density at radius 2 is 1.84 bits per heavy atom. The van der Waals surface area contributed by atoms with E-state index in [1.54, 1.807) is 0 Å². The van der Waals surface area contributed by atoms with Crippen LogP contribution in [-0.2, 0) is 4.79 Å². The maximum absolute atomic E-state index is 10.8. The van der Waals surface area contributed by atoms with Crippen LogP contribution in [0.25, 0.3) is 0 Å². The highest BCUT2D eigenvalue weighted by atomic mass is 16.5. The molecule has 1 aromatic rings. The van der Waals surface area contributed by atoms with Crippen molar-refractivity contribution in [3.05, 3.63) is 54.6 Å². The molecular formula is C26H38O5. The fourth-order valence-electron chi connectivity index (χ4n) is 4.17. The highest BCUT2D eigenvalue weighted by molar-refractivity contribution is 5.74. The summed E-state index contributed by atoms with van der Waals surface area (Å²) in [6.45, 7) is 2.22. The van der Waals surface area contributed by atoms with Crippen molar-refractivity contribution in [1.82, 2.24) is 0 Å². The van der Waals surface area contributed by atoms with Crippen LogP contribution in [0.3, 0.4) is 0 Å². The van der Waals surface area contributed by atoms with Gasteiger partial charge in [-0.2, -0.15) is 0 Å². The maximum Gasteiger partial charge on any atom is 0.364 e. The van der Waals surface area contributed by atoms with Gasteiger partial charge in [-0.1, -0.05) is 68.7 Å². The summed E-state index contributed by atoms with van der Waals surface area (Å²) < 4.78 is 6.29. The van der Waals surface area contributed by atoms with E-state index >= 15 is 0 Å². The van der Waals surface area contributed by atoms with Gasteiger partial charge in [0.25, 0.3) is 5.79 Å². The van der Waals surface area contributed by atoms with Crippen molar-refractivity contribution in [1.29, 1.82) is 0 Å². The number of benzene rings is 1. The molecule has 3 N–H and O–H groups in total. The Morgan fingerprint density at radius 3 is 2.55 bits per heavy atom. The lowest BCUT2D eigenvalue weighted by atomic mass is 9.90. The molecule has 31 heavy (non-hydrogen) atoms. The average molecular weight is 431 g/mol. The third kappa shape index (κ3) is 8.88. The standard InChI is InChI=1S/C26H38O5/c1-2-3-4-5-6-9-14-21-18-19-24(31-22-15-10-7-11-16-22)23(21)17-12-8-13-20-26(29,30)25(27)28/h7-12,14-16,21,23-24,29-30H,2-6,13,17-20H2,1H3,(H,27,28)/b12-8-,14-9+/t21-,23+,24+/m0/s1. The van der Waals surface area contributed by atoms with Gasteiger partial charge in [-0.05, 0) is 56.6 Å². The van der Waals surface area contributed by atoms with Crippen molar-refractivity contribution in [2.24, 2.45) is 11.8 Å². The van der Waals surface area contributed by atoms with Crippen molar-refractivity contribution in [2.45, 2.75) is 83.0 Å². The molecule has 0 spiro atoms. The molecule has 0 amide bonds. The number of carboxylic acids is 1. The number of carboxylic acid groups (broad SMARTS) is 1. The van der Waals surface area contributed by atoms with Crippen LogP contribution in [0.2, 0.25) is 0 Å². The van der Waals surface area contributed by atoms with Crippen molar-refractivity contribution in [3.63, 3.8) is 0 Å². The normalized spacial score (nSPS) is 21.8. The van der Waals surface area contributed by atoms with E-state index in [1.165, 1.54) is 25.7 Å². The van der Waals surface area contributed by atoms with Crippen LogP contribution in [-0.4, -0.2) is 33.2 Å². The Bertz CT molecular complexity index is 695. The average Bonchev–Trinajstić information content (AvgIpc) is 3.12. The topological polar surface area (TPSA) is 87.0 Å². The van der Waals surface area contributed by atoms with E-state index in [9.17, 15) is 15.0 Å². The minimum Gasteiger partial charge on any atom is -0.490 e. The lowest BCUT2D eigenvalue weighted by Gasteiger charge is -2.23. The summed E-state index contributed by atoms with van der Waals surface area (Å²) in [6, 6.07) is 9.90. The Hall–Kier alpha value is -2.11. The first-order valence-electron chi connectivity index (χ1n) is 11.7. The van der Waals surface area contributed by atoms with Crippen molar-refractivity contribution >= 4 is 5.97 Å². The van der Waals surface area contributed by atoms with Gasteiger partial charge in [0.15, 0.2) is 0 Å². The molecule has 0 aliphatic heterocycles. The summed E-state index contributed by atoms with van der Waals surface area (Å²) in [5.41, 5.74) is 0. The molecule has 0 heterocycles. The van der Waals surface area contributed by atoms with Gasteiger partial charge >= 0.3 is 5.97 Å². The van der Waals surface area contributed by atoms with Gasteiger partial charge < -0.3 is 20.1 Å². The minimum atomic E-state index is -2.67. The number of allylic oxidation sites excluding steroid dienone is 4. The number of aliphatic carboxylic acids is 1. The van der Waals surface area contributed by atoms with Gasteiger partial charge in [0.2, 0.25) is 0 Å². The number of para-hydroxylation sites is 1. The molecule has 1 aliphatic carbocycles. The first-order valence-corrected chi connectivity index (χ1v) is 11.7. The van der Waals surface area contributed by atoms with Gasteiger partial charge in [-0.3, -0.25) is 0 Å². The molecule has 0 radical (unpaired) electrons. The number of hydrogen-bond acceptors (Lipinski definition) is 4. The maximum atomic E-state index is 10.8. The molecule has 5 heteroatoms. The zero-order valence-electron chi connectivity index (χ0n) is 18.7. The van der Waals surface area contributed by atoms with Crippen LogP contribution in [0.5, 0.6) is 5.75 Å². The number of unbranched alkanes of at least 4 members (excludes halogenated alkanes) is 4. The fraction of sp³-hybridized carbons (Fsp3) is 0.577. The molecule has 3 atom stereocenters. The van der Waals surface area contributed by atoms with Crippen LogP contribution < -0.4 is 4.74 Å². The molecule has 2 rings (SSSR count). The van der Waals surface area contributed by atoms with E-state index in [-0.39, 0.29) is 12.5 Å². The van der Waals surface area contributed by atoms with Gasteiger partial charge in [-0.25, -0.2) is 4.79 Å². The van der Waals surface area contributed by atoms with E-state index < -0.39 is 11.8 Å². The molecule has 0 aromatic heterocycles.